The molecular weight excluding hydrogens is 363 g/mol. The van der Waals surface area contributed by atoms with Crippen LogP contribution in [-0.4, -0.2) is 22.7 Å². The average molecular weight is 397 g/mol. The number of aromatic nitrogens is 2. The normalized spacial score (nSPS) is 12.4. The fourth-order valence-electron chi connectivity index (χ4n) is 3.06. The fourth-order valence-corrected chi connectivity index (χ4v) is 3.06. The Morgan fingerprint density at radius 3 is 2.66 bits per heavy atom. The van der Waals surface area contributed by atoms with Gasteiger partial charge in [0.1, 0.15) is 5.82 Å². The lowest BCUT2D eigenvalue weighted by Crippen LogP contribution is -2.08. The second-order valence-corrected chi connectivity index (χ2v) is 7.37. The Kier molecular flexibility index (Phi) is 10.3. The standard InChI is InChI=1S/C25H33FN2O/c1-4-6-10-16-29-20(3)12-8-7-9-13-22-18-27-25(28-19-22)23-15-14-21(11-5-2)17-24(23)26/h5,9,13-15,17-20H,2,4,6-8,10-12,16H2,1,3H3. The molecule has 0 N–H and O–H groups in total. The highest BCUT2D eigenvalue weighted by Crippen LogP contribution is 2.21. The fraction of sp³-hybridized carbons (Fsp3) is 0.440. The van der Waals surface area contributed by atoms with Gasteiger partial charge in [0.25, 0.3) is 0 Å². The summed E-state index contributed by atoms with van der Waals surface area (Å²) >= 11 is 0. The molecule has 2 aromatic rings. The van der Waals surface area contributed by atoms with E-state index in [1.165, 1.54) is 18.9 Å². The van der Waals surface area contributed by atoms with Crippen molar-refractivity contribution in [1.82, 2.24) is 9.97 Å². The summed E-state index contributed by atoms with van der Waals surface area (Å²) in [6.45, 7) is 8.89. The van der Waals surface area contributed by atoms with E-state index in [0.717, 1.165) is 43.4 Å². The summed E-state index contributed by atoms with van der Waals surface area (Å²) in [5, 5.41) is 0. The summed E-state index contributed by atoms with van der Waals surface area (Å²) in [6.07, 6.45) is 17.1. The lowest BCUT2D eigenvalue weighted by Gasteiger charge is -2.11. The molecule has 1 aromatic heterocycles. The third kappa shape index (κ3) is 8.28. The summed E-state index contributed by atoms with van der Waals surface area (Å²) in [7, 11) is 0. The van der Waals surface area contributed by atoms with Crippen LogP contribution in [0.4, 0.5) is 4.39 Å². The van der Waals surface area contributed by atoms with E-state index >= 15 is 0 Å². The Bertz CT molecular complexity index is 771. The Hall–Kier alpha value is -2.33. The molecule has 0 saturated heterocycles. The molecule has 0 aliphatic rings. The Morgan fingerprint density at radius 2 is 1.97 bits per heavy atom. The third-order valence-corrected chi connectivity index (χ3v) is 4.77. The van der Waals surface area contributed by atoms with E-state index < -0.39 is 0 Å². The molecule has 0 saturated carbocycles. The van der Waals surface area contributed by atoms with Gasteiger partial charge < -0.3 is 4.74 Å². The van der Waals surface area contributed by atoms with Crippen molar-refractivity contribution in [3.05, 3.63) is 66.3 Å². The van der Waals surface area contributed by atoms with Crippen molar-refractivity contribution in [3.8, 4) is 11.4 Å². The van der Waals surface area contributed by atoms with Crippen LogP contribution < -0.4 is 0 Å². The molecule has 29 heavy (non-hydrogen) atoms. The van der Waals surface area contributed by atoms with Crippen molar-refractivity contribution in [3.63, 3.8) is 0 Å². The molecule has 3 nitrogen and oxygen atoms in total. The van der Waals surface area contributed by atoms with E-state index in [9.17, 15) is 4.39 Å². The molecule has 0 spiro atoms. The number of halogens is 1. The molecule has 1 heterocycles. The monoisotopic (exact) mass is 396 g/mol. The van der Waals surface area contributed by atoms with Gasteiger partial charge in [-0.05, 0) is 56.7 Å². The largest absolute Gasteiger partial charge is 0.379 e. The minimum atomic E-state index is -0.307. The number of nitrogens with zero attached hydrogens (tertiary/aromatic N) is 2. The van der Waals surface area contributed by atoms with Crippen LogP contribution in [0.2, 0.25) is 0 Å². The molecule has 0 aliphatic carbocycles. The third-order valence-electron chi connectivity index (χ3n) is 4.77. The molecule has 2 rings (SSSR count). The summed E-state index contributed by atoms with van der Waals surface area (Å²) in [6, 6.07) is 5.12. The van der Waals surface area contributed by atoms with Gasteiger partial charge in [0, 0.05) is 24.6 Å². The van der Waals surface area contributed by atoms with Crippen molar-refractivity contribution in [2.45, 2.75) is 64.9 Å². The summed E-state index contributed by atoms with van der Waals surface area (Å²) in [4.78, 5) is 8.64. The highest BCUT2D eigenvalue weighted by atomic mass is 19.1. The SMILES string of the molecule is C=CCc1ccc(-c2ncc(C=CCCCC(C)OCCCCC)cn2)c(F)c1. The molecule has 0 bridgehead atoms. The highest BCUT2D eigenvalue weighted by molar-refractivity contribution is 5.57. The Labute approximate surface area is 174 Å². The van der Waals surface area contributed by atoms with Crippen molar-refractivity contribution >= 4 is 6.08 Å². The van der Waals surface area contributed by atoms with Crippen LogP contribution >= 0.6 is 0 Å². The van der Waals surface area contributed by atoms with Crippen LogP contribution in [0.1, 0.15) is 63.5 Å². The lowest BCUT2D eigenvalue weighted by atomic mass is 10.1. The number of unbranched alkanes of at least 4 members (excludes halogenated alkanes) is 3. The van der Waals surface area contributed by atoms with E-state index in [-0.39, 0.29) is 5.82 Å². The first kappa shape index (κ1) is 23.0. The summed E-state index contributed by atoms with van der Waals surface area (Å²) in [5.41, 5.74) is 2.23. The maximum atomic E-state index is 14.3. The molecule has 0 radical (unpaired) electrons. The molecule has 1 atom stereocenters. The van der Waals surface area contributed by atoms with Gasteiger partial charge in [-0.15, -0.1) is 6.58 Å². The van der Waals surface area contributed by atoms with E-state index in [4.69, 9.17) is 4.74 Å². The second-order valence-electron chi connectivity index (χ2n) is 7.37. The zero-order chi connectivity index (χ0) is 20.9. The van der Waals surface area contributed by atoms with Gasteiger partial charge in [0.2, 0.25) is 0 Å². The summed E-state index contributed by atoms with van der Waals surface area (Å²) in [5.74, 6) is 0.0949. The van der Waals surface area contributed by atoms with E-state index in [1.807, 2.05) is 12.1 Å². The molecule has 1 unspecified atom stereocenters. The van der Waals surface area contributed by atoms with Gasteiger partial charge in [0.05, 0.1) is 11.7 Å². The number of ether oxygens (including phenoxy) is 1. The van der Waals surface area contributed by atoms with Crippen LogP contribution in [-0.2, 0) is 11.2 Å². The van der Waals surface area contributed by atoms with Crippen LogP contribution in [0.15, 0.2) is 49.3 Å². The lowest BCUT2D eigenvalue weighted by molar-refractivity contribution is 0.0566. The van der Waals surface area contributed by atoms with Crippen molar-refractivity contribution < 1.29 is 9.13 Å². The maximum absolute atomic E-state index is 14.3. The van der Waals surface area contributed by atoms with E-state index in [0.29, 0.717) is 23.9 Å². The van der Waals surface area contributed by atoms with Gasteiger partial charge in [-0.3, -0.25) is 0 Å². The first-order chi connectivity index (χ1) is 14.1. The second kappa shape index (κ2) is 13.0. The number of allylic oxidation sites excluding steroid dienone is 2. The van der Waals surface area contributed by atoms with Crippen LogP contribution in [0.5, 0.6) is 0 Å². The van der Waals surface area contributed by atoms with Gasteiger partial charge in [-0.1, -0.05) is 44.1 Å². The molecule has 1 aromatic carbocycles. The smallest absolute Gasteiger partial charge is 0.162 e. The van der Waals surface area contributed by atoms with Crippen LogP contribution in [0, 0.1) is 5.82 Å². The molecular formula is C25H33FN2O. The minimum Gasteiger partial charge on any atom is -0.379 e. The zero-order valence-corrected chi connectivity index (χ0v) is 17.7. The van der Waals surface area contributed by atoms with Crippen molar-refractivity contribution in [1.29, 1.82) is 0 Å². The molecule has 0 amide bonds. The van der Waals surface area contributed by atoms with Crippen LogP contribution in [0.3, 0.4) is 0 Å². The number of benzene rings is 1. The Balaban J connectivity index is 1.78. The number of rotatable bonds is 13. The minimum absolute atomic E-state index is 0.307. The quantitative estimate of drug-likeness (QED) is 0.276. The topological polar surface area (TPSA) is 35.0 Å². The van der Waals surface area contributed by atoms with E-state index in [2.05, 4.69) is 36.5 Å². The molecule has 0 aliphatic heterocycles. The maximum Gasteiger partial charge on any atom is 0.162 e. The average Bonchev–Trinajstić information content (AvgIpc) is 2.72. The number of hydrogen-bond acceptors (Lipinski definition) is 3. The first-order valence-corrected chi connectivity index (χ1v) is 10.6. The van der Waals surface area contributed by atoms with Gasteiger partial charge >= 0.3 is 0 Å². The Morgan fingerprint density at radius 1 is 1.17 bits per heavy atom. The van der Waals surface area contributed by atoms with Gasteiger partial charge in [-0.25, -0.2) is 14.4 Å². The van der Waals surface area contributed by atoms with Crippen molar-refractivity contribution in [2.24, 2.45) is 0 Å². The van der Waals surface area contributed by atoms with Gasteiger partial charge in [0.15, 0.2) is 5.82 Å². The predicted octanol–water partition coefficient (Wildman–Crippen LogP) is 6.79. The van der Waals surface area contributed by atoms with Crippen LogP contribution in [0.25, 0.3) is 17.5 Å². The highest BCUT2D eigenvalue weighted by Gasteiger charge is 2.08. The molecule has 156 valence electrons. The first-order valence-electron chi connectivity index (χ1n) is 10.6. The van der Waals surface area contributed by atoms with Gasteiger partial charge in [-0.2, -0.15) is 0 Å². The van der Waals surface area contributed by atoms with E-state index in [1.54, 1.807) is 24.5 Å². The molecule has 4 heteroatoms. The summed E-state index contributed by atoms with van der Waals surface area (Å²) < 4.78 is 20.1. The zero-order valence-electron chi connectivity index (χ0n) is 17.7. The van der Waals surface area contributed by atoms with Crippen molar-refractivity contribution in [2.75, 3.05) is 6.61 Å². The number of hydrogen-bond donors (Lipinski definition) is 0. The molecule has 0 fully saturated rings. The predicted molar refractivity (Wildman–Crippen MR) is 119 cm³/mol.